The van der Waals surface area contributed by atoms with Gasteiger partial charge in [-0.3, -0.25) is 4.79 Å². The molecule has 0 aromatic carbocycles. The Kier molecular flexibility index (Phi) is 3.95. The lowest BCUT2D eigenvalue weighted by Gasteiger charge is -2.30. The molecule has 2 fully saturated rings. The van der Waals surface area contributed by atoms with Crippen LogP contribution >= 0.6 is 12.2 Å². The molecule has 2 aliphatic carbocycles. The summed E-state index contributed by atoms with van der Waals surface area (Å²) in [5, 5.41) is 3.10. The first-order valence-corrected chi connectivity index (χ1v) is 7.48. The van der Waals surface area contributed by atoms with Gasteiger partial charge in [-0.25, -0.2) is 0 Å². The summed E-state index contributed by atoms with van der Waals surface area (Å²) in [7, 11) is 0. The van der Waals surface area contributed by atoms with Crippen molar-refractivity contribution in [1.82, 2.24) is 5.32 Å². The van der Waals surface area contributed by atoms with Gasteiger partial charge < -0.3 is 11.1 Å². The average molecular weight is 268 g/mol. The summed E-state index contributed by atoms with van der Waals surface area (Å²) in [4.78, 5) is 12.9. The zero-order valence-corrected chi connectivity index (χ0v) is 12.1. The quantitative estimate of drug-likeness (QED) is 0.608. The van der Waals surface area contributed by atoms with Crippen LogP contribution in [0.25, 0.3) is 0 Å². The fraction of sp³-hybridized carbons (Fsp3) is 0.857. The van der Waals surface area contributed by atoms with Crippen molar-refractivity contribution in [2.24, 2.45) is 16.6 Å². The van der Waals surface area contributed by atoms with Gasteiger partial charge in [0.25, 0.3) is 0 Å². The summed E-state index contributed by atoms with van der Waals surface area (Å²) in [6, 6.07) is 0. The van der Waals surface area contributed by atoms with E-state index >= 15 is 0 Å². The average Bonchev–Trinajstić information content (AvgIpc) is 3.09. The van der Waals surface area contributed by atoms with Gasteiger partial charge in [-0.15, -0.1) is 0 Å². The smallest absolute Gasteiger partial charge is 0.233 e. The summed E-state index contributed by atoms with van der Waals surface area (Å²) >= 11 is 5.20. The lowest BCUT2D eigenvalue weighted by molar-refractivity contribution is -0.128. The van der Waals surface area contributed by atoms with E-state index in [1.165, 1.54) is 25.7 Å². The molecular weight excluding hydrogens is 244 g/mol. The van der Waals surface area contributed by atoms with Gasteiger partial charge in [0.1, 0.15) is 0 Å². The van der Waals surface area contributed by atoms with E-state index in [4.69, 9.17) is 18.0 Å². The van der Waals surface area contributed by atoms with Gasteiger partial charge in [-0.2, -0.15) is 0 Å². The van der Waals surface area contributed by atoms with Gasteiger partial charge in [0.2, 0.25) is 5.91 Å². The summed E-state index contributed by atoms with van der Waals surface area (Å²) in [5.41, 5.74) is 5.66. The van der Waals surface area contributed by atoms with Gasteiger partial charge >= 0.3 is 0 Å². The highest BCUT2D eigenvalue weighted by atomic mass is 32.1. The molecule has 0 aromatic rings. The van der Waals surface area contributed by atoms with Gasteiger partial charge in [-0.05, 0) is 31.1 Å². The second-order valence-corrected chi connectivity index (χ2v) is 6.79. The summed E-state index contributed by atoms with van der Waals surface area (Å²) in [6.45, 7) is 2.99. The molecular formula is C14H24N2OS. The highest BCUT2D eigenvalue weighted by molar-refractivity contribution is 7.80. The van der Waals surface area contributed by atoms with E-state index in [0.29, 0.717) is 10.4 Å². The Morgan fingerprint density at radius 3 is 2.17 bits per heavy atom. The molecule has 102 valence electrons. The minimum atomic E-state index is -0.572. The number of nitrogens with two attached hydrogens (primary N) is 1. The van der Waals surface area contributed by atoms with Gasteiger partial charge in [0.15, 0.2) is 0 Å². The van der Waals surface area contributed by atoms with Crippen LogP contribution in [0.4, 0.5) is 0 Å². The van der Waals surface area contributed by atoms with Crippen molar-refractivity contribution in [3.63, 3.8) is 0 Å². The Bertz CT molecular complexity index is 342. The predicted molar refractivity (Wildman–Crippen MR) is 77.3 cm³/mol. The summed E-state index contributed by atoms with van der Waals surface area (Å²) in [5.74, 6) is 0.0741. The summed E-state index contributed by atoms with van der Waals surface area (Å²) in [6.07, 6.45) is 8.57. The van der Waals surface area contributed by atoms with Crippen LogP contribution in [0.3, 0.4) is 0 Å². The molecule has 0 aliphatic heterocycles. The predicted octanol–water partition coefficient (Wildman–Crippen LogP) is 2.53. The van der Waals surface area contributed by atoms with Crippen LogP contribution in [0.1, 0.15) is 58.3 Å². The van der Waals surface area contributed by atoms with Crippen molar-refractivity contribution in [2.45, 2.75) is 58.3 Å². The van der Waals surface area contributed by atoms with Crippen molar-refractivity contribution in [3.05, 3.63) is 0 Å². The van der Waals surface area contributed by atoms with Crippen LogP contribution in [-0.2, 0) is 4.79 Å². The van der Waals surface area contributed by atoms with Crippen LogP contribution in [0, 0.1) is 10.8 Å². The van der Waals surface area contributed by atoms with Gasteiger partial charge in [0.05, 0.1) is 10.4 Å². The molecule has 2 rings (SSSR count). The molecule has 2 aliphatic rings. The monoisotopic (exact) mass is 268 g/mol. The van der Waals surface area contributed by atoms with Crippen molar-refractivity contribution >= 4 is 23.1 Å². The molecule has 0 unspecified atom stereocenters. The minimum absolute atomic E-state index is 0.0741. The number of thiocarbonyl (C=S) groups is 1. The Balaban J connectivity index is 2.02. The Morgan fingerprint density at radius 2 is 1.72 bits per heavy atom. The second kappa shape index (κ2) is 5.16. The number of carbonyl (C=O) groups excluding carboxylic acids is 1. The molecule has 0 bridgehead atoms. The molecule has 3 N–H and O–H groups in total. The highest BCUT2D eigenvalue weighted by Crippen LogP contribution is 2.44. The van der Waals surface area contributed by atoms with E-state index in [-0.39, 0.29) is 5.91 Å². The molecule has 0 spiro atoms. The minimum Gasteiger partial charge on any atom is -0.392 e. The first kappa shape index (κ1) is 13.8. The second-order valence-electron chi connectivity index (χ2n) is 6.35. The highest BCUT2D eigenvalue weighted by Gasteiger charge is 2.43. The molecule has 3 nitrogen and oxygen atoms in total. The van der Waals surface area contributed by atoms with E-state index in [2.05, 4.69) is 12.2 Å². The lowest BCUT2D eigenvalue weighted by atomic mass is 9.79. The number of carbonyl (C=O) groups is 1. The van der Waals surface area contributed by atoms with Crippen molar-refractivity contribution in [1.29, 1.82) is 0 Å². The number of rotatable bonds is 4. The molecule has 18 heavy (non-hydrogen) atoms. The van der Waals surface area contributed by atoms with Gasteiger partial charge in [0, 0.05) is 6.54 Å². The van der Waals surface area contributed by atoms with E-state index in [1.807, 2.05) is 0 Å². The Labute approximate surface area is 115 Å². The maximum atomic E-state index is 12.5. The zero-order valence-electron chi connectivity index (χ0n) is 11.3. The SMILES string of the molecule is CC1(CNC(=O)C2(C(N)=S)CCCCCC2)CC1. The molecule has 0 radical (unpaired) electrons. The fourth-order valence-corrected chi connectivity index (χ4v) is 3.07. The lowest BCUT2D eigenvalue weighted by Crippen LogP contribution is -2.49. The largest absolute Gasteiger partial charge is 0.392 e. The normalized spacial score (nSPS) is 24.9. The van der Waals surface area contributed by atoms with Crippen molar-refractivity contribution < 1.29 is 4.79 Å². The van der Waals surface area contributed by atoms with Crippen LogP contribution in [-0.4, -0.2) is 17.4 Å². The number of hydrogen-bond acceptors (Lipinski definition) is 2. The molecule has 2 saturated carbocycles. The van der Waals surface area contributed by atoms with Crippen LogP contribution in [0.5, 0.6) is 0 Å². The number of hydrogen-bond donors (Lipinski definition) is 2. The molecule has 0 saturated heterocycles. The van der Waals surface area contributed by atoms with E-state index in [1.54, 1.807) is 0 Å². The third kappa shape index (κ3) is 2.85. The fourth-order valence-electron chi connectivity index (χ4n) is 2.77. The molecule has 0 atom stereocenters. The molecule has 0 heterocycles. The zero-order chi connectivity index (χ0) is 13.2. The Morgan fingerprint density at radius 1 is 1.17 bits per heavy atom. The third-order valence-corrected chi connectivity index (χ3v) is 5.03. The van der Waals surface area contributed by atoms with Crippen LogP contribution < -0.4 is 11.1 Å². The molecule has 4 heteroatoms. The molecule has 0 aromatic heterocycles. The topological polar surface area (TPSA) is 55.1 Å². The maximum absolute atomic E-state index is 12.5. The Hall–Kier alpha value is -0.640. The van der Waals surface area contributed by atoms with E-state index in [0.717, 1.165) is 32.2 Å². The third-order valence-electron chi connectivity index (χ3n) is 4.64. The van der Waals surface area contributed by atoms with Crippen molar-refractivity contribution in [2.75, 3.05) is 6.54 Å². The number of nitrogens with one attached hydrogen (secondary N) is 1. The van der Waals surface area contributed by atoms with Crippen LogP contribution in [0.15, 0.2) is 0 Å². The van der Waals surface area contributed by atoms with Gasteiger partial charge in [-0.1, -0.05) is 44.8 Å². The first-order valence-electron chi connectivity index (χ1n) is 7.07. The van der Waals surface area contributed by atoms with Crippen LogP contribution in [0.2, 0.25) is 0 Å². The summed E-state index contributed by atoms with van der Waals surface area (Å²) < 4.78 is 0. The van der Waals surface area contributed by atoms with E-state index in [9.17, 15) is 4.79 Å². The maximum Gasteiger partial charge on any atom is 0.233 e. The first-order chi connectivity index (χ1) is 8.49. The standard InChI is InChI=1S/C14H24N2OS/c1-13(8-9-13)10-16-12(17)14(11(15)18)6-4-2-3-5-7-14/h2-10H2,1H3,(H2,15,18)(H,16,17). The van der Waals surface area contributed by atoms with E-state index < -0.39 is 5.41 Å². The van der Waals surface area contributed by atoms with Crippen molar-refractivity contribution in [3.8, 4) is 0 Å². The molecule has 1 amide bonds. The number of amides is 1.